The maximum atomic E-state index is 12.7. The Morgan fingerprint density at radius 2 is 2.03 bits per heavy atom. The van der Waals surface area contributed by atoms with Crippen LogP contribution in [0.3, 0.4) is 0 Å². The Balaban J connectivity index is 1.47. The maximum Gasteiger partial charge on any atom is 0.328 e. The number of amides is 1. The lowest BCUT2D eigenvalue weighted by atomic mass is 9.93. The van der Waals surface area contributed by atoms with Crippen LogP contribution < -0.4 is 16.0 Å². The second-order valence-corrected chi connectivity index (χ2v) is 7.34. The molecule has 4 aromatic rings. The minimum Gasteiger partial charge on any atom is -0.371 e. The van der Waals surface area contributed by atoms with Crippen LogP contribution in [-0.4, -0.2) is 58.4 Å². The first-order valence-electron chi connectivity index (χ1n) is 9.92. The van der Waals surface area contributed by atoms with Crippen molar-refractivity contribution in [2.75, 3.05) is 17.7 Å². The van der Waals surface area contributed by atoms with E-state index in [-0.39, 0.29) is 12.1 Å². The normalized spacial score (nSPS) is 13.7. The smallest absolute Gasteiger partial charge is 0.328 e. The molecule has 3 N–H and O–H groups in total. The summed E-state index contributed by atoms with van der Waals surface area (Å²) in [4.78, 5) is 34.5. The first-order valence-corrected chi connectivity index (χ1v) is 9.92. The molecular formula is C19H21N11O. The van der Waals surface area contributed by atoms with E-state index in [2.05, 4.69) is 46.0 Å². The molecule has 31 heavy (non-hydrogen) atoms. The zero-order valence-corrected chi connectivity index (χ0v) is 17.1. The fourth-order valence-corrected chi connectivity index (χ4v) is 3.31. The molecule has 1 aliphatic rings. The van der Waals surface area contributed by atoms with Gasteiger partial charge in [-0.3, -0.25) is 9.67 Å². The standard InChI is InChI=1S/C19H21N11O/c1-20-16-14-17(30(10-22-14)19(31)25-12-4-3-5-12)27-18(26-16)24-13-6-11(7-21-8-13)15-23-9-29(2)28-15/h6-10,12H,3-5H2,1-2H3,(H,25,31)(H2,20,24,26,27). The number of carbonyl (C=O) groups is 1. The van der Waals surface area contributed by atoms with Crippen molar-refractivity contribution in [2.45, 2.75) is 25.3 Å². The summed E-state index contributed by atoms with van der Waals surface area (Å²) in [6.45, 7) is 0. The Kier molecular flexibility index (Phi) is 4.65. The van der Waals surface area contributed by atoms with E-state index in [4.69, 9.17) is 0 Å². The Labute approximate surface area is 177 Å². The lowest BCUT2D eigenvalue weighted by Crippen LogP contribution is -2.41. The van der Waals surface area contributed by atoms with E-state index in [0.29, 0.717) is 34.4 Å². The summed E-state index contributed by atoms with van der Waals surface area (Å²) in [5.74, 6) is 1.39. The highest BCUT2D eigenvalue weighted by atomic mass is 16.2. The van der Waals surface area contributed by atoms with Crippen molar-refractivity contribution in [3.05, 3.63) is 31.1 Å². The van der Waals surface area contributed by atoms with Crippen LogP contribution in [-0.2, 0) is 7.05 Å². The average molecular weight is 419 g/mol. The molecule has 1 fully saturated rings. The molecular weight excluding hydrogens is 398 g/mol. The SMILES string of the molecule is CNc1nc(Nc2cncc(-c3ncn(C)n3)c2)nc2c1ncn2C(=O)NC1CCC1. The number of carbonyl (C=O) groups excluding carboxylic acids is 1. The van der Waals surface area contributed by atoms with Gasteiger partial charge in [0.1, 0.15) is 12.7 Å². The quantitative estimate of drug-likeness (QED) is 0.442. The number of fused-ring (bicyclic) bond motifs is 1. The van der Waals surface area contributed by atoms with Crippen molar-refractivity contribution in [1.29, 1.82) is 0 Å². The van der Waals surface area contributed by atoms with E-state index in [1.807, 2.05) is 6.07 Å². The largest absolute Gasteiger partial charge is 0.371 e. The number of nitrogens with zero attached hydrogens (tertiary/aromatic N) is 8. The molecule has 0 spiro atoms. The van der Waals surface area contributed by atoms with Gasteiger partial charge in [0.05, 0.1) is 11.9 Å². The number of aryl methyl sites for hydroxylation is 1. The third kappa shape index (κ3) is 3.63. The highest BCUT2D eigenvalue weighted by Gasteiger charge is 2.22. The van der Waals surface area contributed by atoms with Crippen molar-refractivity contribution in [2.24, 2.45) is 7.05 Å². The molecule has 0 saturated heterocycles. The van der Waals surface area contributed by atoms with Crippen molar-refractivity contribution in [3.8, 4) is 11.4 Å². The third-order valence-electron chi connectivity index (χ3n) is 5.14. The number of anilines is 3. The molecule has 12 heteroatoms. The lowest BCUT2D eigenvalue weighted by molar-refractivity contribution is 0.230. The van der Waals surface area contributed by atoms with Gasteiger partial charge in [-0.15, -0.1) is 0 Å². The summed E-state index contributed by atoms with van der Waals surface area (Å²) < 4.78 is 3.04. The van der Waals surface area contributed by atoms with Gasteiger partial charge < -0.3 is 16.0 Å². The van der Waals surface area contributed by atoms with Crippen LogP contribution in [0.2, 0.25) is 0 Å². The van der Waals surface area contributed by atoms with Gasteiger partial charge in [-0.2, -0.15) is 15.1 Å². The molecule has 5 rings (SSSR count). The zero-order chi connectivity index (χ0) is 21.4. The lowest BCUT2D eigenvalue weighted by Gasteiger charge is -2.26. The Bertz CT molecular complexity index is 1260. The van der Waals surface area contributed by atoms with Crippen molar-refractivity contribution in [3.63, 3.8) is 0 Å². The van der Waals surface area contributed by atoms with E-state index in [1.165, 1.54) is 10.9 Å². The first-order chi connectivity index (χ1) is 15.1. The van der Waals surface area contributed by atoms with Crippen LogP contribution >= 0.6 is 0 Å². The van der Waals surface area contributed by atoms with Gasteiger partial charge in [0.2, 0.25) is 5.95 Å². The summed E-state index contributed by atoms with van der Waals surface area (Å²) in [7, 11) is 3.55. The summed E-state index contributed by atoms with van der Waals surface area (Å²) in [5, 5.41) is 13.5. The van der Waals surface area contributed by atoms with E-state index >= 15 is 0 Å². The predicted octanol–water partition coefficient (Wildman–Crippen LogP) is 1.91. The van der Waals surface area contributed by atoms with E-state index < -0.39 is 0 Å². The molecule has 0 aliphatic heterocycles. The van der Waals surface area contributed by atoms with Crippen LogP contribution in [0.5, 0.6) is 0 Å². The van der Waals surface area contributed by atoms with Crippen LogP contribution in [0.1, 0.15) is 19.3 Å². The number of hydrogen-bond donors (Lipinski definition) is 3. The third-order valence-corrected chi connectivity index (χ3v) is 5.14. The fraction of sp³-hybridized carbons (Fsp3) is 0.316. The maximum absolute atomic E-state index is 12.7. The van der Waals surface area contributed by atoms with E-state index in [1.54, 1.807) is 37.5 Å². The molecule has 1 aliphatic carbocycles. The number of pyridine rings is 1. The highest BCUT2D eigenvalue weighted by Crippen LogP contribution is 2.24. The van der Waals surface area contributed by atoms with Crippen LogP contribution in [0.4, 0.5) is 22.2 Å². The van der Waals surface area contributed by atoms with Crippen LogP contribution in [0.15, 0.2) is 31.1 Å². The minimum atomic E-state index is -0.246. The van der Waals surface area contributed by atoms with E-state index in [0.717, 1.165) is 24.8 Å². The summed E-state index contributed by atoms with van der Waals surface area (Å²) in [6, 6.07) is 1.82. The van der Waals surface area contributed by atoms with Gasteiger partial charge in [-0.1, -0.05) is 0 Å². The molecule has 0 unspecified atom stereocenters. The van der Waals surface area contributed by atoms with Gasteiger partial charge in [0, 0.05) is 31.9 Å². The minimum absolute atomic E-state index is 0.210. The van der Waals surface area contributed by atoms with Crippen molar-refractivity contribution in [1.82, 2.24) is 44.6 Å². The molecule has 158 valence electrons. The number of hydrogen-bond acceptors (Lipinski definition) is 9. The number of rotatable bonds is 5. The zero-order valence-electron chi connectivity index (χ0n) is 17.1. The number of imidazole rings is 1. The van der Waals surface area contributed by atoms with Gasteiger partial charge in [-0.05, 0) is 25.3 Å². The molecule has 4 aromatic heterocycles. The Morgan fingerprint density at radius 1 is 1.16 bits per heavy atom. The topological polar surface area (TPSA) is 140 Å². The van der Waals surface area contributed by atoms with Gasteiger partial charge >= 0.3 is 6.03 Å². The predicted molar refractivity (Wildman–Crippen MR) is 114 cm³/mol. The monoisotopic (exact) mass is 419 g/mol. The molecule has 0 aromatic carbocycles. The van der Waals surface area contributed by atoms with Gasteiger partial charge in [0.15, 0.2) is 22.8 Å². The van der Waals surface area contributed by atoms with Gasteiger partial charge in [-0.25, -0.2) is 19.3 Å². The van der Waals surface area contributed by atoms with E-state index in [9.17, 15) is 4.79 Å². The van der Waals surface area contributed by atoms with Crippen molar-refractivity contribution >= 4 is 34.6 Å². The summed E-state index contributed by atoms with van der Waals surface area (Å²) in [5.41, 5.74) is 2.34. The Morgan fingerprint density at radius 3 is 2.74 bits per heavy atom. The molecule has 1 amide bonds. The van der Waals surface area contributed by atoms with Crippen LogP contribution in [0.25, 0.3) is 22.6 Å². The molecule has 0 atom stereocenters. The second-order valence-electron chi connectivity index (χ2n) is 7.34. The van der Waals surface area contributed by atoms with Crippen molar-refractivity contribution < 1.29 is 4.79 Å². The fourth-order valence-electron chi connectivity index (χ4n) is 3.31. The number of nitrogens with one attached hydrogen (secondary N) is 3. The van der Waals surface area contributed by atoms with Crippen LogP contribution in [0, 0.1) is 0 Å². The molecule has 1 saturated carbocycles. The van der Waals surface area contributed by atoms with Gasteiger partial charge in [0.25, 0.3) is 0 Å². The summed E-state index contributed by atoms with van der Waals surface area (Å²) in [6.07, 6.45) is 9.56. The molecule has 12 nitrogen and oxygen atoms in total. The number of aromatic nitrogens is 8. The molecule has 0 radical (unpaired) electrons. The average Bonchev–Trinajstić information content (AvgIpc) is 3.36. The highest BCUT2D eigenvalue weighted by molar-refractivity contribution is 5.92. The first kappa shape index (κ1) is 18.9. The molecule has 0 bridgehead atoms. The Hall–Kier alpha value is -4.09. The summed E-state index contributed by atoms with van der Waals surface area (Å²) >= 11 is 0. The second kappa shape index (κ2) is 7.63. The molecule has 4 heterocycles.